The summed E-state index contributed by atoms with van der Waals surface area (Å²) in [6.45, 7) is 5.81. The van der Waals surface area contributed by atoms with Crippen LogP contribution in [0, 0.1) is 0 Å². The van der Waals surface area contributed by atoms with E-state index < -0.39 is 11.6 Å². The Kier molecular flexibility index (Phi) is 6.78. The Hall–Kier alpha value is -2.82. The van der Waals surface area contributed by atoms with Gasteiger partial charge in [0, 0.05) is 12.1 Å². The van der Waals surface area contributed by atoms with Gasteiger partial charge in [-0.3, -0.25) is 4.79 Å². The highest BCUT2D eigenvalue weighted by Crippen LogP contribution is 2.13. The van der Waals surface area contributed by atoms with Crippen LogP contribution in [0.2, 0.25) is 0 Å². The highest BCUT2D eigenvalue weighted by atomic mass is 16.6. The zero-order chi connectivity index (χ0) is 19.0. The van der Waals surface area contributed by atoms with Crippen LogP contribution in [0.5, 0.6) is 5.75 Å². The van der Waals surface area contributed by atoms with Crippen molar-refractivity contribution in [3.8, 4) is 5.75 Å². The minimum absolute atomic E-state index is 0.139. The van der Waals surface area contributed by atoms with Crippen LogP contribution < -0.4 is 10.1 Å². The number of nitrogens with one attached hydrogen (secondary N) is 1. The molecule has 0 aromatic heterocycles. The summed E-state index contributed by atoms with van der Waals surface area (Å²) in [6.07, 6.45) is 0.781. The normalized spacial score (nSPS) is 10.9. The lowest BCUT2D eigenvalue weighted by Crippen LogP contribution is -2.27. The van der Waals surface area contributed by atoms with Crippen molar-refractivity contribution in [3.05, 3.63) is 65.7 Å². The SMILES string of the molecule is CC(C)(C)OC(=O)COc1ccc(C(=O)NCCc2ccccc2)cc1. The maximum Gasteiger partial charge on any atom is 0.344 e. The van der Waals surface area contributed by atoms with E-state index in [1.165, 1.54) is 5.56 Å². The third-order valence-electron chi connectivity index (χ3n) is 3.44. The Morgan fingerprint density at radius 1 is 0.962 bits per heavy atom. The molecule has 0 atom stereocenters. The molecule has 0 unspecified atom stereocenters. The second kappa shape index (κ2) is 9.04. The van der Waals surface area contributed by atoms with Crippen molar-refractivity contribution in [2.24, 2.45) is 0 Å². The van der Waals surface area contributed by atoms with Crippen molar-refractivity contribution in [2.75, 3.05) is 13.2 Å². The molecule has 0 saturated carbocycles. The number of benzene rings is 2. The van der Waals surface area contributed by atoms with Gasteiger partial charge in [0.2, 0.25) is 0 Å². The van der Waals surface area contributed by atoms with Gasteiger partial charge in [-0.1, -0.05) is 30.3 Å². The molecule has 2 aromatic carbocycles. The fraction of sp³-hybridized carbons (Fsp3) is 0.333. The standard InChI is InChI=1S/C21H25NO4/c1-21(2,3)26-19(23)15-25-18-11-9-17(10-12-18)20(24)22-14-13-16-7-5-4-6-8-16/h4-12H,13-15H2,1-3H3,(H,22,24). The van der Waals surface area contributed by atoms with Gasteiger partial charge in [-0.2, -0.15) is 0 Å². The number of hydrogen-bond acceptors (Lipinski definition) is 4. The molecular weight excluding hydrogens is 330 g/mol. The van der Waals surface area contributed by atoms with Crippen LogP contribution in [0.1, 0.15) is 36.7 Å². The highest BCUT2D eigenvalue weighted by molar-refractivity contribution is 5.94. The predicted octanol–water partition coefficient (Wildman–Crippen LogP) is 3.38. The number of carbonyl (C=O) groups is 2. The van der Waals surface area contributed by atoms with Crippen molar-refractivity contribution in [1.29, 1.82) is 0 Å². The van der Waals surface area contributed by atoms with Crippen LogP contribution in [0.4, 0.5) is 0 Å². The second-order valence-corrected chi connectivity index (χ2v) is 6.89. The molecule has 0 spiro atoms. The summed E-state index contributed by atoms with van der Waals surface area (Å²) in [5, 5.41) is 2.89. The fourth-order valence-electron chi connectivity index (χ4n) is 2.28. The number of esters is 1. The third kappa shape index (κ3) is 6.97. The van der Waals surface area contributed by atoms with Crippen LogP contribution in [0.3, 0.4) is 0 Å². The van der Waals surface area contributed by atoms with Gasteiger partial charge in [0.15, 0.2) is 6.61 Å². The average Bonchev–Trinajstić information content (AvgIpc) is 2.60. The molecule has 2 aromatic rings. The van der Waals surface area contributed by atoms with Crippen LogP contribution in [-0.2, 0) is 16.0 Å². The molecule has 138 valence electrons. The molecule has 0 aliphatic carbocycles. The van der Waals surface area contributed by atoms with Crippen LogP contribution in [-0.4, -0.2) is 30.6 Å². The van der Waals surface area contributed by atoms with Crippen molar-refractivity contribution in [1.82, 2.24) is 5.32 Å². The van der Waals surface area contributed by atoms with Crippen LogP contribution in [0.15, 0.2) is 54.6 Å². The quantitative estimate of drug-likeness (QED) is 0.774. The maximum absolute atomic E-state index is 12.1. The number of hydrogen-bond donors (Lipinski definition) is 1. The number of carbonyl (C=O) groups excluding carboxylic acids is 2. The Bertz CT molecular complexity index is 718. The van der Waals surface area contributed by atoms with E-state index in [0.717, 1.165) is 6.42 Å². The van der Waals surface area contributed by atoms with Gasteiger partial charge in [-0.05, 0) is 57.0 Å². The summed E-state index contributed by atoms with van der Waals surface area (Å²) in [5.74, 6) is -0.0588. The average molecular weight is 355 g/mol. The first-order valence-electron chi connectivity index (χ1n) is 8.60. The summed E-state index contributed by atoms with van der Waals surface area (Å²) in [7, 11) is 0. The Labute approximate surface area is 154 Å². The maximum atomic E-state index is 12.1. The minimum atomic E-state index is -0.540. The van der Waals surface area contributed by atoms with Crippen molar-refractivity contribution in [2.45, 2.75) is 32.8 Å². The van der Waals surface area contributed by atoms with E-state index in [9.17, 15) is 9.59 Å². The molecule has 1 N–H and O–H groups in total. The van der Waals surface area contributed by atoms with Gasteiger partial charge in [-0.25, -0.2) is 4.79 Å². The molecule has 0 radical (unpaired) electrons. The van der Waals surface area contributed by atoms with Gasteiger partial charge in [0.1, 0.15) is 11.4 Å². The summed E-state index contributed by atoms with van der Waals surface area (Å²) in [4.78, 5) is 23.8. The van der Waals surface area contributed by atoms with Gasteiger partial charge >= 0.3 is 5.97 Å². The molecule has 0 heterocycles. The Balaban J connectivity index is 1.77. The molecular formula is C21H25NO4. The molecule has 2 rings (SSSR count). The lowest BCUT2D eigenvalue weighted by molar-refractivity contribution is -0.157. The van der Waals surface area contributed by atoms with E-state index in [0.29, 0.717) is 17.9 Å². The van der Waals surface area contributed by atoms with E-state index in [1.807, 2.05) is 30.3 Å². The van der Waals surface area contributed by atoms with Gasteiger partial charge in [0.05, 0.1) is 0 Å². The summed E-state index contributed by atoms with van der Waals surface area (Å²) in [6, 6.07) is 16.7. The van der Waals surface area contributed by atoms with E-state index in [4.69, 9.17) is 9.47 Å². The zero-order valence-electron chi connectivity index (χ0n) is 15.5. The van der Waals surface area contributed by atoms with Crippen LogP contribution >= 0.6 is 0 Å². The lowest BCUT2D eigenvalue weighted by Gasteiger charge is -2.19. The molecule has 0 saturated heterocycles. The monoisotopic (exact) mass is 355 g/mol. The van der Waals surface area contributed by atoms with Crippen molar-refractivity contribution in [3.63, 3.8) is 0 Å². The topological polar surface area (TPSA) is 64.6 Å². The fourth-order valence-corrected chi connectivity index (χ4v) is 2.28. The first-order chi connectivity index (χ1) is 12.3. The van der Waals surface area contributed by atoms with E-state index in [2.05, 4.69) is 5.32 Å². The molecule has 26 heavy (non-hydrogen) atoms. The number of ether oxygens (including phenoxy) is 2. The largest absolute Gasteiger partial charge is 0.482 e. The molecule has 5 heteroatoms. The predicted molar refractivity (Wildman–Crippen MR) is 100 cm³/mol. The molecule has 0 aliphatic heterocycles. The van der Waals surface area contributed by atoms with E-state index >= 15 is 0 Å². The van der Waals surface area contributed by atoms with Gasteiger partial charge in [0.25, 0.3) is 5.91 Å². The third-order valence-corrected chi connectivity index (χ3v) is 3.44. The zero-order valence-corrected chi connectivity index (χ0v) is 15.5. The molecule has 0 aliphatic rings. The molecule has 0 fully saturated rings. The summed E-state index contributed by atoms with van der Waals surface area (Å²) < 4.78 is 10.6. The summed E-state index contributed by atoms with van der Waals surface area (Å²) >= 11 is 0. The van der Waals surface area contributed by atoms with Crippen molar-refractivity contribution < 1.29 is 19.1 Å². The molecule has 5 nitrogen and oxygen atoms in total. The van der Waals surface area contributed by atoms with E-state index in [1.54, 1.807) is 45.0 Å². The minimum Gasteiger partial charge on any atom is -0.482 e. The second-order valence-electron chi connectivity index (χ2n) is 6.89. The lowest BCUT2D eigenvalue weighted by atomic mass is 10.1. The Morgan fingerprint density at radius 3 is 2.23 bits per heavy atom. The summed E-state index contributed by atoms with van der Waals surface area (Å²) in [5.41, 5.74) is 1.18. The smallest absolute Gasteiger partial charge is 0.344 e. The number of rotatable bonds is 7. The van der Waals surface area contributed by atoms with Gasteiger partial charge < -0.3 is 14.8 Å². The Morgan fingerprint density at radius 2 is 1.62 bits per heavy atom. The van der Waals surface area contributed by atoms with Crippen LogP contribution in [0.25, 0.3) is 0 Å². The van der Waals surface area contributed by atoms with E-state index in [-0.39, 0.29) is 12.5 Å². The first kappa shape index (κ1) is 19.5. The molecule has 0 bridgehead atoms. The first-order valence-corrected chi connectivity index (χ1v) is 8.60. The van der Waals surface area contributed by atoms with Gasteiger partial charge in [-0.15, -0.1) is 0 Å². The number of amides is 1. The highest BCUT2D eigenvalue weighted by Gasteiger charge is 2.16. The van der Waals surface area contributed by atoms with Crippen molar-refractivity contribution >= 4 is 11.9 Å². The molecule has 1 amide bonds.